The third kappa shape index (κ3) is 36.8. The van der Waals surface area contributed by atoms with Gasteiger partial charge in [0, 0.05) is 25.7 Å². The molecular formula is C54H95NO14. The van der Waals surface area contributed by atoms with Crippen molar-refractivity contribution in [2.45, 2.75) is 245 Å². The number of hydrogen-bond acceptors (Lipinski definition) is 15. The number of esters is 7. The predicted octanol–water partition coefficient (Wildman–Crippen LogP) is 11.2. The summed E-state index contributed by atoms with van der Waals surface area (Å²) < 4.78 is 38.6. The second-order valence-electron chi connectivity index (χ2n) is 18.7. The molecule has 0 aromatic heterocycles. The molecule has 0 spiro atoms. The molecule has 0 aromatic carbocycles. The van der Waals surface area contributed by atoms with Gasteiger partial charge in [0.25, 0.3) is 0 Å². The Morgan fingerprint density at radius 2 is 0.652 bits per heavy atom. The Morgan fingerprint density at radius 1 is 0.348 bits per heavy atom. The number of rotatable bonds is 47. The molecule has 0 radical (unpaired) electrons. The topological polar surface area (TPSA) is 187 Å². The van der Waals surface area contributed by atoms with Gasteiger partial charge in [-0.05, 0) is 122 Å². The summed E-state index contributed by atoms with van der Waals surface area (Å²) in [6.45, 7) is 10.0. The molecule has 0 bridgehead atoms. The summed E-state index contributed by atoms with van der Waals surface area (Å²) in [5.74, 6) is -4.15. The van der Waals surface area contributed by atoms with Crippen LogP contribution in [0.15, 0.2) is 0 Å². The average Bonchev–Trinajstić information content (AvgIpc) is 3.85. The molecule has 1 fully saturated rings. The van der Waals surface area contributed by atoms with Crippen LogP contribution in [0.25, 0.3) is 0 Å². The molecule has 0 aliphatic carbocycles. The maximum Gasteiger partial charge on any atom is 0.351 e. The number of nitrogens with zero attached hydrogens (tertiary/aromatic N) is 1. The van der Waals surface area contributed by atoms with Crippen LogP contribution in [0.4, 0.5) is 0 Å². The molecule has 1 saturated heterocycles. The smallest absolute Gasteiger partial charge is 0.351 e. The Morgan fingerprint density at radius 3 is 1.03 bits per heavy atom. The summed E-state index contributed by atoms with van der Waals surface area (Å²) >= 11 is 0. The zero-order valence-electron chi connectivity index (χ0n) is 43.6. The van der Waals surface area contributed by atoms with E-state index in [0.717, 1.165) is 135 Å². The van der Waals surface area contributed by atoms with Gasteiger partial charge in [-0.15, -0.1) is 0 Å². The average molecular weight is 982 g/mol. The van der Waals surface area contributed by atoms with E-state index in [4.69, 9.17) is 33.2 Å². The largest absolute Gasteiger partial charge is 0.466 e. The van der Waals surface area contributed by atoms with Crippen molar-refractivity contribution >= 4 is 41.8 Å². The molecule has 0 saturated carbocycles. The third-order valence-corrected chi connectivity index (χ3v) is 12.2. The molecule has 15 nitrogen and oxygen atoms in total. The van der Waals surface area contributed by atoms with Crippen LogP contribution >= 0.6 is 0 Å². The van der Waals surface area contributed by atoms with E-state index in [1.165, 1.54) is 0 Å². The first kappa shape index (κ1) is 63.3. The highest BCUT2D eigenvalue weighted by atomic mass is 16.6. The maximum atomic E-state index is 14.1. The summed E-state index contributed by atoms with van der Waals surface area (Å²) in [6, 6.07) is 0. The number of likely N-dealkylation sites (tertiary alicyclic amines) is 1. The van der Waals surface area contributed by atoms with Crippen molar-refractivity contribution in [1.29, 1.82) is 0 Å². The van der Waals surface area contributed by atoms with Crippen molar-refractivity contribution in [3.63, 3.8) is 0 Å². The fraction of sp³-hybridized carbons (Fsp3) is 0.870. The molecule has 0 unspecified atom stereocenters. The van der Waals surface area contributed by atoms with Gasteiger partial charge in [0.05, 0.1) is 52.5 Å². The molecule has 1 heterocycles. The van der Waals surface area contributed by atoms with E-state index in [9.17, 15) is 33.6 Å². The number of unbranched alkanes of at least 4 members (excludes halogenated alkanes) is 19. The van der Waals surface area contributed by atoms with Gasteiger partial charge in [-0.3, -0.25) is 28.8 Å². The van der Waals surface area contributed by atoms with Crippen molar-refractivity contribution < 1.29 is 66.7 Å². The number of ether oxygens (including phenoxy) is 7. The lowest BCUT2D eigenvalue weighted by molar-refractivity contribution is -0.191. The fourth-order valence-corrected chi connectivity index (χ4v) is 7.97. The van der Waals surface area contributed by atoms with Crippen molar-refractivity contribution in [3.8, 4) is 0 Å². The zero-order valence-corrected chi connectivity index (χ0v) is 43.6. The minimum absolute atomic E-state index is 0.00191. The fourth-order valence-electron chi connectivity index (χ4n) is 7.97. The monoisotopic (exact) mass is 982 g/mol. The second kappa shape index (κ2) is 44.2. The van der Waals surface area contributed by atoms with Crippen LogP contribution in [0, 0.1) is 0 Å². The molecule has 1 aliphatic heterocycles. The van der Waals surface area contributed by atoms with Crippen LogP contribution in [0.5, 0.6) is 0 Å². The van der Waals surface area contributed by atoms with Crippen molar-refractivity contribution in [2.75, 3.05) is 59.3 Å². The van der Waals surface area contributed by atoms with Crippen molar-refractivity contribution in [1.82, 2.24) is 4.90 Å². The van der Waals surface area contributed by atoms with Crippen LogP contribution in [0.1, 0.15) is 239 Å². The van der Waals surface area contributed by atoms with Crippen LogP contribution < -0.4 is 0 Å². The Labute approximate surface area is 416 Å². The molecule has 15 heteroatoms. The highest BCUT2D eigenvalue weighted by Crippen LogP contribution is 2.27. The second-order valence-corrected chi connectivity index (χ2v) is 18.7. The van der Waals surface area contributed by atoms with E-state index >= 15 is 0 Å². The van der Waals surface area contributed by atoms with Gasteiger partial charge in [0.15, 0.2) is 0 Å². The van der Waals surface area contributed by atoms with E-state index in [0.29, 0.717) is 83.5 Å². The molecule has 0 aromatic rings. The van der Waals surface area contributed by atoms with Gasteiger partial charge in [-0.1, -0.05) is 97.8 Å². The Hall–Kier alpha value is -3.75. The van der Waals surface area contributed by atoms with Gasteiger partial charge in [-0.2, -0.15) is 0 Å². The lowest BCUT2D eigenvalue weighted by Gasteiger charge is -2.30. The third-order valence-electron chi connectivity index (χ3n) is 12.2. The Bertz CT molecular complexity index is 1310. The standard InChI is InChI=1S/C54H95NO14/c1-4-7-10-13-19-32-47(56)63-39-26-16-29-42-66-51(60)45-54(69-50(59)35-22-23-36-55-37-24-25-38-55,53(62)68-44-31-18-28-41-65-49(58)34-21-15-12-9-6-3)46-52(61)67-43-30-17-27-40-64-48(57)33-20-14-11-8-5-2/h4-46H2,1-3H3. The van der Waals surface area contributed by atoms with E-state index < -0.39 is 42.3 Å². The quantitative estimate of drug-likeness (QED) is 0.0318. The summed E-state index contributed by atoms with van der Waals surface area (Å²) in [5.41, 5.74) is -2.33. The van der Waals surface area contributed by atoms with Crippen LogP contribution in [-0.2, 0) is 66.7 Å². The highest BCUT2D eigenvalue weighted by Gasteiger charge is 2.49. The maximum absolute atomic E-state index is 14.1. The first-order chi connectivity index (χ1) is 33.5. The summed E-state index contributed by atoms with van der Waals surface area (Å²) in [4.78, 5) is 93.1. The number of hydrogen-bond donors (Lipinski definition) is 0. The minimum Gasteiger partial charge on any atom is -0.466 e. The highest BCUT2D eigenvalue weighted by molar-refractivity contribution is 5.92. The van der Waals surface area contributed by atoms with Gasteiger partial charge in [0.2, 0.25) is 5.60 Å². The summed E-state index contributed by atoms with van der Waals surface area (Å²) in [7, 11) is 0. The lowest BCUT2D eigenvalue weighted by Crippen LogP contribution is -2.48. The SMILES string of the molecule is CCCCCCCC(=O)OCCCCCOC(=O)CC(CC(=O)OCCCCCOC(=O)CCCCCCC)(OC(=O)CCCCN1CCCC1)C(=O)OCCCCCOC(=O)CCCCCCC. The lowest BCUT2D eigenvalue weighted by atomic mass is 9.94. The molecule has 1 rings (SSSR count). The molecule has 0 amide bonds. The van der Waals surface area contributed by atoms with Gasteiger partial charge in [0.1, 0.15) is 0 Å². The first-order valence-electron chi connectivity index (χ1n) is 27.4. The molecule has 0 N–H and O–H groups in total. The Balaban J connectivity index is 2.89. The predicted molar refractivity (Wildman–Crippen MR) is 265 cm³/mol. The van der Waals surface area contributed by atoms with E-state index in [2.05, 4.69) is 25.7 Å². The van der Waals surface area contributed by atoms with Crippen LogP contribution in [0.3, 0.4) is 0 Å². The summed E-state index contributed by atoms with van der Waals surface area (Å²) in [6.07, 6.45) is 23.7. The number of carbonyl (C=O) groups is 7. The zero-order chi connectivity index (χ0) is 50.5. The van der Waals surface area contributed by atoms with E-state index in [1.54, 1.807) is 0 Å². The minimum atomic E-state index is -2.33. The molecule has 1 aliphatic rings. The molecular weight excluding hydrogens is 887 g/mol. The van der Waals surface area contributed by atoms with Crippen molar-refractivity contribution in [2.24, 2.45) is 0 Å². The van der Waals surface area contributed by atoms with Gasteiger partial charge >= 0.3 is 41.8 Å². The van der Waals surface area contributed by atoms with Crippen LogP contribution in [0.2, 0.25) is 0 Å². The molecule has 0 atom stereocenters. The molecule has 400 valence electrons. The van der Waals surface area contributed by atoms with Gasteiger partial charge in [-0.25, -0.2) is 4.79 Å². The van der Waals surface area contributed by atoms with Crippen LogP contribution in [-0.4, -0.2) is 112 Å². The number of carbonyl (C=O) groups excluding carboxylic acids is 7. The normalized spacial score (nSPS) is 12.6. The Kier molecular flexibility index (Phi) is 40.5. The van der Waals surface area contributed by atoms with Crippen molar-refractivity contribution in [3.05, 3.63) is 0 Å². The van der Waals surface area contributed by atoms with E-state index in [-0.39, 0.29) is 64.0 Å². The first-order valence-corrected chi connectivity index (χ1v) is 27.4. The summed E-state index contributed by atoms with van der Waals surface area (Å²) in [5, 5.41) is 0. The molecule has 69 heavy (non-hydrogen) atoms. The van der Waals surface area contributed by atoms with Gasteiger partial charge < -0.3 is 38.1 Å². The van der Waals surface area contributed by atoms with E-state index in [1.807, 2.05) is 0 Å².